The summed E-state index contributed by atoms with van der Waals surface area (Å²) >= 11 is 0. The molecule has 7 nitrogen and oxygen atoms in total. The van der Waals surface area contributed by atoms with Gasteiger partial charge in [-0.1, -0.05) is 0 Å². The van der Waals surface area contributed by atoms with Crippen molar-refractivity contribution in [1.29, 1.82) is 0 Å². The van der Waals surface area contributed by atoms with Gasteiger partial charge in [0.25, 0.3) is 0 Å². The van der Waals surface area contributed by atoms with E-state index in [1.54, 1.807) is 12.1 Å². The number of nitrogens with one attached hydrogen (secondary N) is 1. The fourth-order valence-corrected chi connectivity index (χ4v) is 3.59. The maximum Gasteiger partial charge on any atom is 0.414 e. The van der Waals surface area contributed by atoms with Gasteiger partial charge in [0.2, 0.25) is 5.91 Å². The maximum atomic E-state index is 14.8. The van der Waals surface area contributed by atoms with Gasteiger partial charge in [0.1, 0.15) is 17.6 Å². The number of anilines is 2. The first kappa shape index (κ1) is 21.3. The average molecular weight is 411 g/mol. The van der Waals surface area contributed by atoms with Crippen LogP contribution in [0.5, 0.6) is 0 Å². The van der Waals surface area contributed by atoms with Gasteiger partial charge in [-0.3, -0.25) is 9.69 Å². The summed E-state index contributed by atoms with van der Waals surface area (Å²) in [7, 11) is 0. The first-order chi connectivity index (χ1) is 13.8. The van der Waals surface area contributed by atoms with Crippen LogP contribution in [-0.4, -0.2) is 63.2 Å². The second-order valence-corrected chi connectivity index (χ2v) is 7.46. The molecule has 0 bridgehead atoms. The molecule has 1 N–H and O–H groups in total. The first-order valence-corrected chi connectivity index (χ1v) is 9.85. The Labute approximate surface area is 168 Å². The highest BCUT2D eigenvalue weighted by atomic mass is 19.1. The smallest absolute Gasteiger partial charge is 0.414 e. The molecule has 2 fully saturated rings. The topological polar surface area (TPSA) is 71.1 Å². The number of carbonyl (C=O) groups excluding carboxylic acids is 2. The van der Waals surface area contributed by atoms with Crippen molar-refractivity contribution in [2.45, 2.75) is 38.5 Å². The quantitative estimate of drug-likeness (QED) is 0.747. The third-order valence-electron chi connectivity index (χ3n) is 5.26. The lowest BCUT2D eigenvalue weighted by molar-refractivity contribution is -0.119. The number of hydrogen-bond acceptors (Lipinski definition) is 5. The molecule has 0 spiro atoms. The number of alkyl halides is 1. The van der Waals surface area contributed by atoms with Crippen LogP contribution in [0.4, 0.5) is 25.0 Å². The van der Waals surface area contributed by atoms with Crippen LogP contribution in [0.15, 0.2) is 18.2 Å². The standard InChI is InChI=1S/C20H27F2N3O4/c1-3-28-13-20(22)6-8-24(9-7-20)18-5-4-15(10-17(18)21)25-12-16(29-19(25)27)11-23-14(2)26/h4-5,10,16H,3,6-9,11-13H2,1-2H3,(H,23,26). The molecule has 0 aliphatic carbocycles. The molecule has 1 aromatic carbocycles. The SMILES string of the molecule is CCOCC1(F)CCN(c2ccc(N3CC(CNC(C)=O)OC3=O)cc2F)CC1. The Morgan fingerprint density at radius 1 is 1.38 bits per heavy atom. The van der Waals surface area contributed by atoms with Crippen molar-refractivity contribution in [3.63, 3.8) is 0 Å². The highest BCUT2D eigenvalue weighted by Crippen LogP contribution is 2.33. The molecule has 1 atom stereocenters. The molecular weight excluding hydrogens is 384 g/mol. The highest BCUT2D eigenvalue weighted by Gasteiger charge is 2.36. The largest absolute Gasteiger partial charge is 0.442 e. The van der Waals surface area contributed by atoms with Gasteiger partial charge in [-0.05, 0) is 25.1 Å². The number of ether oxygens (including phenoxy) is 2. The minimum absolute atomic E-state index is 0.0650. The Kier molecular flexibility index (Phi) is 6.56. The van der Waals surface area contributed by atoms with Crippen molar-refractivity contribution in [3.8, 4) is 0 Å². The van der Waals surface area contributed by atoms with Crippen molar-refractivity contribution in [2.75, 3.05) is 49.2 Å². The molecule has 2 saturated heterocycles. The molecule has 2 aliphatic heterocycles. The molecule has 2 heterocycles. The van der Waals surface area contributed by atoms with Crippen molar-refractivity contribution >= 4 is 23.4 Å². The van der Waals surface area contributed by atoms with Crippen LogP contribution in [0.1, 0.15) is 26.7 Å². The van der Waals surface area contributed by atoms with E-state index in [0.29, 0.717) is 31.1 Å². The second kappa shape index (κ2) is 8.94. The average Bonchev–Trinajstić information content (AvgIpc) is 3.06. The maximum absolute atomic E-state index is 14.8. The Morgan fingerprint density at radius 3 is 2.72 bits per heavy atom. The normalized spacial score (nSPS) is 21.2. The van der Waals surface area contributed by atoms with E-state index >= 15 is 0 Å². The van der Waals surface area contributed by atoms with E-state index in [1.165, 1.54) is 17.9 Å². The Balaban J connectivity index is 1.62. The van der Waals surface area contributed by atoms with Crippen molar-refractivity contribution in [3.05, 3.63) is 24.0 Å². The van der Waals surface area contributed by atoms with E-state index in [4.69, 9.17) is 9.47 Å². The summed E-state index contributed by atoms with van der Waals surface area (Å²) in [6.45, 7) is 4.96. The van der Waals surface area contributed by atoms with E-state index in [2.05, 4.69) is 5.32 Å². The third kappa shape index (κ3) is 5.14. The summed E-state index contributed by atoms with van der Waals surface area (Å²) in [5, 5.41) is 2.60. The minimum Gasteiger partial charge on any atom is -0.442 e. The van der Waals surface area contributed by atoms with Crippen LogP contribution in [0.25, 0.3) is 0 Å². The van der Waals surface area contributed by atoms with Crippen LogP contribution in [0.3, 0.4) is 0 Å². The Bertz CT molecular complexity index is 753. The molecule has 0 radical (unpaired) electrons. The number of cyclic esters (lactones) is 1. The summed E-state index contributed by atoms with van der Waals surface area (Å²) in [4.78, 5) is 26.2. The highest BCUT2D eigenvalue weighted by molar-refractivity contribution is 5.90. The summed E-state index contributed by atoms with van der Waals surface area (Å²) < 4.78 is 39.9. The van der Waals surface area contributed by atoms with Gasteiger partial charge < -0.3 is 19.7 Å². The van der Waals surface area contributed by atoms with Crippen molar-refractivity contribution in [2.24, 2.45) is 0 Å². The van der Waals surface area contributed by atoms with Crippen LogP contribution in [0.2, 0.25) is 0 Å². The van der Waals surface area contributed by atoms with Crippen molar-refractivity contribution < 1.29 is 27.8 Å². The van der Waals surface area contributed by atoms with Gasteiger partial charge in [-0.25, -0.2) is 13.6 Å². The molecular formula is C20H27F2N3O4. The molecule has 160 valence electrons. The van der Waals surface area contributed by atoms with Crippen LogP contribution >= 0.6 is 0 Å². The van der Waals surface area contributed by atoms with Gasteiger partial charge in [0.05, 0.1) is 31.1 Å². The number of piperidine rings is 1. The zero-order valence-electron chi connectivity index (χ0n) is 16.7. The number of rotatable bonds is 7. The Hall–Kier alpha value is -2.42. The van der Waals surface area contributed by atoms with Crippen LogP contribution in [0, 0.1) is 5.82 Å². The van der Waals surface area contributed by atoms with E-state index < -0.39 is 23.7 Å². The van der Waals surface area contributed by atoms with Gasteiger partial charge in [0, 0.05) is 39.5 Å². The van der Waals surface area contributed by atoms with Gasteiger partial charge in [-0.15, -0.1) is 0 Å². The number of nitrogens with zero attached hydrogens (tertiary/aromatic N) is 2. The summed E-state index contributed by atoms with van der Waals surface area (Å²) in [6, 6.07) is 4.54. The van der Waals surface area contributed by atoms with E-state index in [9.17, 15) is 18.4 Å². The van der Waals surface area contributed by atoms with E-state index in [0.717, 1.165) is 0 Å². The second-order valence-electron chi connectivity index (χ2n) is 7.46. The predicted octanol–water partition coefficient (Wildman–Crippen LogP) is 2.63. The number of benzene rings is 1. The van der Waals surface area contributed by atoms with E-state index in [1.807, 2.05) is 11.8 Å². The molecule has 0 saturated carbocycles. The lowest BCUT2D eigenvalue weighted by Crippen LogP contribution is -2.44. The lowest BCUT2D eigenvalue weighted by atomic mass is 9.94. The van der Waals surface area contributed by atoms with Gasteiger partial charge in [0.15, 0.2) is 0 Å². The minimum atomic E-state index is -1.37. The summed E-state index contributed by atoms with van der Waals surface area (Å²) in [5.74, 6) is -0.688. The zero-order chi connectivity index (χ0) is 21.0. The lowest BCUT2D eigenvalue weighted by Gasteiger charge is -2.37. The molecule has 9 heteroatoms. The molecule has 2 aliphatic rings. The zero-order valence-corrected chi connectivity index (χ0v) is 16.7. The molecule has 2 amide bonds. The summed E-state index contributed by atoms with van der Waals surface area (Å²) in [6.07, 6.45) is -0.516. The fraction of sp³-hybridized carbons (Fsp3) is 0.600. The molecule has 0 aromatic heterocycles. The molecule has 3 rings (SSSR count). The third-order valence-corrected chi connectivity index (χ3v) is 5.26. The van der Waals surface area contributed by atoms with Crippen molar-refractivity contribution in [1.82, 2.24) is 5.32 Å². The fourth-order valence-electron chi connectivity index (χ4n) is 3.59. The van der Waals surface area contributed by atoms with Crippen LogP contribution in [-0.2, 0) is 14.3 Å². The summed E-state index contributed by atoms with van der Waals surface area (Å²) in [5.41, 5.74) is -0.602. The molecule has 29 heavy (non-hydrogen) atoms. The van der Waals surface area contributed by atoms with Crippen LogP contribution < -0.4 is 15.1 Å². The monoisotopic (exact) mass is 411 g/mol. The molecule has 1 unspecified atom stereocenters. The first-order valence-electron chi connectivity index (χ1n) is 9.85. The molecule has 1 aromatic rings. The predicted molar refractivity (Wildman–Crippen MR) is 104 cm³/mol. The Morgan fingerprint density at radius 2 is 2.10 bits per heavy atom. The van der Waals surface area contributed by atoms with Gasteiger partial charge in [-0.2, -0.15) is 0 Å². The number of amides is 2. The van der Waals surface area contributed by atoms with E-state index in [-0.39, 0.29) is 38.4 Å². The van der Waals surface area contributed by atoms with Gasteiger partial charge >= 0.3 is 6.09 Å². The number of halogens is 2. The number of hydrogen-bond donors (Lipinski definition) is 1. The number of carbonyl (C=O) groups is 2.